The maximum atomic E-state index is 12.9. The Labute approximate surface area is 173 Å². The quantitative estimate of drug-likeness (QED) is 0.289. The van der Waals surface area contributed by atoms with Crippen molar-refractivity contribution < 1.29 is 23.5 Å². The Balaban J connectivity index is 1.66. The van der Waals surface area contributed by atoms with E-state index in [4.69, 9.17) is 9.47 Å². The molecule has 7 heteroatoms. The van der Waals surface area contributed by atoms with E-state index < -0.39 is 17.7 Å². The van der Waals surface area contributed by atoms with Crippen LogP contribution in [0.25, 0.3) is 0 Å². The molecular weight excluding hydrogens is 387 g/mol. The lowest BCUT2D eigenvalue weighted by atomic mass is 10.1. The lowest BCUT2D eigenvalue weighted by molar-refractivity contribution is 0.0729. The van der Waals surface area contributed by atoms with Crippen LogP contribution in [0.4, 0.5) is 4.39 Å². The normalized spacial score (nSPS) is 10.6. The SMILES string of the molecule is COc1cc(/C=N\NC(=O)c2ccc(F)cc2)ccc1OC(=O)c1ccc(C)cc1. The van der Waals surface area contributed by atoms with Crippen molar-refractivity contribution in [1.29, 1.82) is 0 Å². The minimum atomic E-state index is -0.499. The van der Waals surface area contributed by atoms with Crippen molar-refractivity contribution in [3.8, 4) is 11.5 Å². The second kappa shape index (κ2) is 9.47. The van der Waals surface area contributed by atoms with Crippen molar-refractivity contribution in [3.05, 3.63) is 94.8 Å². The summed E-state index contributed by atoms with van der Waals surface area (Å²) in [6, 6.07) is 17.0. The Bertz CT molecular complexity index is 1080. The van der Waals surface area contributed by atoms with Gasteiger partial charge < -0.3 is 9.47 Å². The topological polar surface area (TPSA) is 77.0 Å². The summed E-state index contributed by atoms with van der Waals surface area (Å²) in [6.45, 7) is 1.93. The van der Waals surface area contributed by atoms with Gasteiger partial charge in [0.05, 0.1) is 18.9 Å². The zero-order valence-electron chi connectivity index (χ0n) is 16.4. The molecule has 0 radical (unpaired) electrons. The molecule has 0 atom stereocenters. The van der Waals surface area contributed by atoms with E-state index in [1.54, 1.807) is 30.3 Å². The minimum Gasteiger partial charge on any atom is -0.493 e. The lowest BCUT2D eigenvalue weighted by Gasteiger charge is -2.10. The van der Waals surface area contributed by atoms with Gasteiger partial charge in [-0.3, -0.25) is 4.79 Å². The molecule has 0 fully saturated rings. The number of hydrazone groups is 1. The van der Waals surface area contributed by atoms with Crippen LogP contribution in [-0.2, 0) is 0 Å². The molecule has 0 bridgehead atoms. The summed E-state index contributed by atoms with van der Waals surface area (Å²) in [5, 5.41) is 3.88. The number of aryl methyl sites for hydroxylation is 1. The summed E-state index contributed by atoms with van der Waals surface area (Å²) >= 11 is 0. The van der Waals surface area contributed by atoms with Crippen LogP contribution in [0, 0.1) is 12.7 Å². The number of nitrogens with zero attached hydrogens (tertiary/aromatic N) is 1. The van der Waals surface area contributed by atoms with E-state index in [0.717, 1.165) is 5.56 Å². The van der Waals surface area contributed by atoms with Crippen molar-refractivity contribution in [2.45, 2.75) is 6.92 Å². The van der Waals surface area contributed by atoms with Gasteiger partial charge in [0.1, 0.15) is 5.82 Å². The highest BCUT2D eigenvalue weighted by Gasteiger charge is 2.13. The molecule has 6 nitrogen and oxygen atoms in total. The van der Waals surface area contributed by atoms with Gasteiger partial charge in [-0.2, -0.15) is 5.10 Å². The fraction of sp³-hybridized carbons (Fsp3) is 0.0870. The molecule has 0 aromatic heterocycles. The Morgan fingerprint density at radius 3 is 2.27 bits per heavy atom. The van der Waals surface area contributed by atoms with E-state index in [2.05, 4.69) is 10.5 Å². The molecule has 1 N–H and O–H groups in total. The molecule has 0 heterocycles. The molecule has 0 spiro atoms. The van der Waals surface area contributed by atoms with Gasteiger partial charge in [0.25, 0.3) is 5.91 Å². The first kappa shape index (κ1) is 20.7. The molecule has 0 saturated carbocycles. The number of halogens is 1. The van der Waals surface area contributed by atoms with Gasteiger partial charge in [-0.1, -0.05) is 17.7 Å². The molecule has 0 unspecified atom stereocenters. The molecule has 30 heavy (non-hydrogen) atoms. The Morgan fingerprint density at radius 1 is 0.933 bits per heavy atom. The summed E-state index contributed by atoms with van der Waals surface area (Å²) in [7, 11) is 1.45. The van der Waals surface area contributed by atoms with Crippen molar-refractivity contribution in [2.75, 3.05) is 7.11 Å². The number of benzene rings is 3. The van der Waals surface area contributed by atoms with Gasteiger partial charge in [0.15, 0.2) is 11.5 Å². The molecule has 3 aromatic rings. The summed E-state index contributed by atoms with van der Waals surface area (Å²) in [5.74, 6) is -0.798. The number of amides is 1. The van der Waals surface area contributed by atoms with Gasteiger partial charge >= 0.3 is 5.97 Å². The van der Waals surface area contributed by atoms with Crippen molar-refractivity contribution in [1.82, 2.24) is 5.43 Å². The van der Waals surface area contributed by atoms with Crippen LogP contribution in [0.5, 0.6) is 11.5 Å². The van der Waals surface area contributed by atoms with Crippen LogP contribution in [0.2, 0.25) is 0 Å². The molecule has 152 valence electrons. The van der Waals surface area contributed by atoms with E-state index >= 15 is 0 Å². The Morgan fingerprint density at radius 2 is 1.60 bits per heavy atom. The standard InChI is InChI=1S/C23H19FN2O4/c1-15-3-6-18(7-4-15)23(28)30-20-12-5-16(13-21(20)29-2)14-25-26-22(27)17-8-10-19(24)11-9-17/h3-14H,1-2H3,(H,26,27)/b25-14-. The highest BCUT2D eigenvalue weighted by Crippen LogP contribution is 2.28. The molecule has 0 aliphatic heterocycles. The third-order valence-electron chi connectivity index (χ3n) is 4.16. The average Bonchev–Trinajstić information content (AvgIpc) is 2.75. The van der Waals surface area contributed by atoms with Crippen LogP contribution in [-0.4, -0.2) is 25.2 Å². The Kier molecular flexibility index (Phi) is 6.54. The van der Waals surface area contributed by atoms with Gasteiger partial charge in [-0.25, -0.2) is 14.6 Å². The number of ether oxygens (including phenoxy) is 2. The van der Waals surface area contributed by atoms with Gasteiger partial charge in [-0.15, -0.1) is 0 Å². The number of carbonyl (C=O) groups is 2. The molecule has 0 saturated heterocycles. The highest BCUT2D eigenvalue weighted by atomic mass is 19.1. The van der Waals surface area contributed by atoms with Crippen LogP contribution in [0.1, 0.15) is 31.8 Å². The molecule has 1 amide bonds. The smallest absolute Gasteiger partial charge is 0.343 e. The third-order valence-corrected chi connectivity index (χ3v) is 4.16. The molecule has 0 aliphatic rings. The van der Waals surface area contributed by atoms with E-state index in [0.29, 0.717) is 16.9 Å². The average molecular weight is 406 g/mol. The van der Waals surface area contributed by atoms with Crippen LogP contribution >= 0.6 is 0 Å². The second-order valence-corrected chi connectivity index (χ2v) is 6.37. The fourth-order valence-corrected chi connectivity index (χ4v) is 2.53. The summed E-state index contributed by atoms with van der Waals surface area (Å²) in [4.78, 5) is 24.3. The monoisotopic (exact) mass is 406 g/mol. The van der Waals surface area contributed by atoms with E-state index in [9.17, 15) is 14.0 Å². The van der Waals surface area contributed by atoms with Crippen molar-refractivity contribution in [3.63, 3.8) is 0 Å². The highest BCUT2D eigenvalue weighted by molar-refractivity contribution is 5.95. The fourth-order valence-electron chi connectivity index (χ4n) is 2.53. The minimum absolute atomic E-state index is 0.260. The third kappa shape index (κ3) is 5.29. The molecule has 3 aromatic carbocycles. The van der Waals surface area contributed by atoms with E-state index in [1.807, 2.05) is 19.1 Å². The lowest BCUT2D eigenvalue weighted by Crippen LogP contribution is -2.17. The zero-order valence-corrected chi connectivity index (χ0v) is 16.4. The number of carbonyl (C=O) groups excluding carboxylic acids is 2. The first-order valence-electron chi connectivity index (χ1n) is 9.02. The summed E-state index contributed by atoms with van der Waals surface area (Å²) in [6.07, 6.45) is 1.41. The number of hydrogen-bond donors (Lipinski definition) is 1. The van der Waals surface area contributed by atoms with Gasteiger partial charge in [-0.05, 0) is 67.1 Å². The predicted octanol–water partition coefficient (Wildman–Crippen LogP) is 4.13. The first-order chi connectivity index (χ1) is 14.5. The van der Waals surface area contributed by atoms with Crippen molar-refractivity contribution >= 4 is 18.1 Å². The largest absolute Gasteiger partial charge is 0.493 e. The van der Waals surface area contributed by atoms with E-state index in [-0.39, 0.29) is 11.3 Å². The Hall–Kier alpha value is -4.00. The molecule has 3 rings (SSSR count). The second-order valence-electron chi connectivity index (χ2n) is 6.37. The van der Waals surface area contributed by atoms with Gasteiger partial charge in [0.2, 0.25) is 0 Å². The number of rotatable bonds is 6. The molecule has 0 aliphatic carbocycles. The summed E-state index contributed by atoms with van der Waals surface area (Å²) in [5.41, 5.74) is 4.72. The van der Waals surface area contributed by atoms with Crippen molar-refractivity contribution in [2.24, 2.45) is 5.10 Å². The number of methoxy groups -OCH3 is 1. The zero-order chi connectivity index (χ0) is 21.5. The van der Waals surface area contributed by atoms with E-state index in [1.165, 1.54) is 37.6 Å². The first-order valence-corrected chi connectivity index (χ1v) is 9.02. The predicted molar refractivity (Wildman–Crippen MR) is 111 cm³/mol. The van der Waals surface area contributed by atoms with Crippen LogP contribution < -0.4 is 14.9 Å². The maximum absolute atomic E-state index is 12.9. The van der Waals surface area contributed by atoms with Crippen LogP contribution in [0.15, 0.2) is 71.8 Å². The maximum Gasteiger partial charge on any atom is 0.343 e. The van der Waals surface area contributed by atoms with Crippen LogP contribution in [0.3, 0.4) is 0 Å². The number of nitrogens with one attached hydrogen (secondary N) is 1. The number of esters is 1. The summed E-state index contributed by atoms with van der Waals surface area (Å²) < 4.78 is 23.6. The molecular formula is C23H19FN2O4. The van der Waals surface area contributed by atoms with Gasteiger partial charge in [0, 0.05) is 5.56 Å². The number of hydrogen-bond acceptors (Lipinski definition) is 5.